The molecule has 37 heteroatoms. The fourth-order valence-electron chi connectivity index (χ4n) is 15.4. The molecule has 12 rings (SSSR count). The van der Waals surface area contributed by atoms with Crippen LogP contribution in [-0.2, 0) is 153 Å². The van der Waals surface area contributed by atoms with Gasteiger partial charge in [0.1, 0.15) is 50.1 Å². The van der Waals surface area contributed by atoms with E-state index in [0.29, 0.717) is 140 Å². The number of hydrogen-bond acceptors (Lipinski definition) is 27. The van der Waals surface area contributed by atoms with Crippen molar-refractivity contribution in [2.24, 2.45) is 35.5 Å². The highest BCUT2D eigenvalue weighted by molar-refractivity contribution is 6.04. The van der Waals surface area contributed by atoms with E-state index >= 15 is 0 Å². The van der Waals surface area contributed by atoms with Crippen molar-refractivity contribution in [1.82, 2.24) is 75.9 Å². The van der Waals surface area contributed by atoms with Gasteiger partial charge in [-0.1, -0.05) is 81.8 Å². The molecule has 8 heterocycles. The number of cyclic esters (lactones) is 1. The van der Waals surface area contributed by atoms with Crippen LogP contribution in [-0.4, -0.2) is 238 Å². The number of esters is 2. The third kappa shape index (κ3) is 32.5. The quantitative estimate of drug-likeness (QED) is 0.0131. The van der Waals surface area contributed by atoms with E-state index in [1.54, 1.807) is 72.3 Å². The van der Waals surface area contributed by atoms with Crippen molar-refractivity contribution in [3.8, 4) is 17.1 Å². The van der Waals surface area contributed by atoms with Crippen LogP contribution in [0.5, 0.6) is 5.75 Å². The van der Waals surface area contributed by atoms with Gasteiger partial charge in [-0.25, -0.2) is 14.5 Å². The molecule has 2 saturated carbocycles. The molecular weight excluding hydrogens is 1670 g/mol. The molecule has 9 amide bonds. The third-order valence-electron chi connectivity index (χ3n) is 22.6. The van der Waals surface area contributed by atoms with E-state index in [0.717, 1.165) is 105 Å². The Morgan fingerprint density at radius 3 is 1.64 bits per heavy atom. The summed E-state index contributed by atoms with van der Waals surface area (Å²) in [5.41, 5.74) is 6.21. The smallest absolute Gasteiger partial charge is 0.355 e. The summed E-state index contributed by atoms with van der Waals surface area (Å²) < 4.78 is 46.2. The average molecular weight is 1800 g/mol. The first-order chi connectivity index (χ1) is 61.9. The predicted molar refractivity (Wildman–Crippen MR) is 474 cm³/mol. The number of nitrogens with zero attached hydrogens (tertiary/aromatic N) is 10. The first kappa shape index (κ1) is 105. The average Bonchev–Trinajstić information content (AvgIpc) is 1.51. The number of ether oxygens (including phenoxy) is 8. The lowest BCUT2D eigenvalue weighted by Gasteiger charge is -2.35. The molecule has 2 saturated heterocycles. The minimum Gasteiger partial charge on any atom is -0.508 e. The van der Waals surface area contributed by atoms with Gasteiger partial charge in [-0.15, -0.1) is 10.2 Å². The van der Waals surface area contributed by atoms with E-state index in [1.165, 1.54) is 34.8 Å². The van der Waals surface area contributed by atoms with E-state index in [9.17, 15) is 67.4 Å². The number of methoxy groups -OCH3 is 1. The standard InChI is InChI=1S/C26H25N3O7.C19H29N5O4.C18H27N5O3.C11H21NO5.C9H19NO3.C9H12/c1-4-15-16-8-14(31)6-7-20(16)28-23-17(15)11-29-21(23)9-19-18(24(29)33)12-35-25(34)26(19,5-2)36-22(32)10-27-13(3)30;1-13-9-17(25)24(19(13)27)11-14-3-5-15(6-4-14)18(26)20-10-16-12-23(22-21-16)7-8-28-2;1-3-22-11-15(20-21-22)9-19-17(25)14-6-4-13(5-7-14)10-23-16(24)8-12(2)18(23)26;1-3-15-6-7-16-5-4-12-11(14)9-17-8-10(2)13;1-3-6-13-7-5-10-9(11)8-12-4-2;1-3-9-6-4-8(2)5-7-9/h6-9,31H,4-5,10-12H2,1-3H3,(H,27,30);12-15H,3-11H2,1-2H3,(H,20,26);11-14H,3-10H2,1-2H3,(H,19,25);3-9H2,1-2H3,(H,12,14);3-8H2,1-2H3,(H,10,11);4-7H,3H2,1-2H3/t26-;;;;;/m0...../s1. The van der Waals surface area contributed by atoms with Gasteiger partial charge in [-0.05, 0) is 159 Å². The van der Waals surface area contributed by atoms with Gasteiger partial charge >= 0.3 is 11.9 Å². The molecule has 4 fully saturated rings. The van der Waals surface area contributed by atoms with Gasteiger partial charge in [0, 0.05) is 120 Å². The molecule has 6 aliphatic rings. The number of nitrogens with one attached hydrogen (secondary N) is 5. The number of aryl methyl sites for hydroxylation is 4. The molecule has 6 N–H and O–H groups in total. The van der Waals surface area contributed by atoms with Crippen LogP contribution in [0, 0.1) is 42.4 Å². The summed E-state index contributed by atoms with van der Waals surface area (Å²) in [7, 11) is 1.63. The number of hydrogen-bond donors (Lipinski definition) is 6. The van der Waals surface area contributed by atoms with Crippen molar-refractivity contribution >= 4 is 81.8 Å². The van der Waals surface area contributed by atoms with Crippen molar-refractivity contribution in [1.29, 1.82) is 0 Å². The van der Waals surface area contributed by atoms with Crippen LogP contribution >= 0.6 is 0 Å². The number of likely N-dealkylation sites (tertiary alicyclic amines) is 2. The molecule has 2 aromatic carbocycles. The molecule has 0 spiro atoms. The fraction of sp³-hybridized carbons (Fsp3) is 0.609. The Bertz CT molecular complexity index is 4760. The van der Waals surface area contributed by atoms with E-state index in [4.69, 9.17) is 42.9 Å². The van der Waals surface area contributed by atoms with Crippen LogP contribution < -0.4 is 32.1 Å². The van der Waals surface area contributed by atoms with Crippen molar-refractivity contribution < 1.29 is 101 Å². The number of imide groups is 2. The highest BCUT2D eigenvalue weighted by Gasteiger charge is 2.51. The Balaban J connectivity index is 0.000000223. The monoisotopic (exact) mass is 1800 g/mol. The molecule has 3 atom stereocenters. The number of carbonyl (C=O) groups is 12. The van der Waals surface area contributed by atoms with Crippen molar-refractivity contribution in [2.75, 3.05) is 113 Å². The highest BCUT2D eigenvalue weighted by atomic mass is 16.6. The molecule has 4 aromatic heterocycles. The lowest BCUT2D eigenvalue weighted by Crippen LogP contribution is -2.48. The molecule has 0 bridgehead atoms. The van der Waals surface area contributed by atoms with Gasteiger partial charge in [0.15, 0.2) is 5.78 Å². The zero-order valence-corrected chi connectivity index (χ0v) is 77.2. The van der Waals surface area contributed by atoms with Crippen LogP contribution in [0.1, 0.15) is 198 Å². The molecule has 2 unspecified atom stereocenters. The van der Waals surface area contributed by atoms with E-state index in [-0.39, 0.29) is 139 Å². The van der Waals surface area contributed by atoms with Crippen LogP contribution in [0.25, 0.3) is 22.3 Å². The Hall–Kier alpha value is -11.1. The van der Waals surface area contributed by atoms with Crippen LogP contribution in [0.4, 0.5) is 0 Å². The Kier molecular flexibility index (Phi) is 44.2. The number of pyridine rings is 2. The number of phenolic OH excluding ortho intramolecular Hbond substituents is 1. The second-order valence-electron chi connectivity index (χ2n) is 32.5. The van der Waals surface area contributed by atoms with E-state index in [1.807, 2.05) is 40.8 Å². The third-order valence-corrected chi connectivity index (χ3v) is 22.6. The second kappa shape index (κ2) is 54.4. The fourth-order valence-corrected chi connectivity index (χ4v) is 15.4. The second-order valence-corrected chi connectivity index (χ2v) is 32.5. The number of phenols is 1. The molecule has 0 radical (unpaired) electrons. The Morgan fingerprint density at radius 2 is 1.15 bits per heavy atom. The van der Waals surface area contributed by atoms with Gasteiger partial charge < -0.3 is 74.2 Å². The number of aromatic nitrogens is 8. The Morgan fingerprint density at radius 1 is 0.597 bits per heavy atom. The zero-order chi connectivity index (χ0) is 94.1. The number of ketones is 1. The summed E-state index contributed by atoms with van der Waals surface area (Å²) in [5.74, 6) is -2.25. The topological polar surface area (TPSA) is 462 Å². The minimum atomic E-state index is -1.82. The SMILES string of the molecule is CCCOCCNC(=O)COCC.CCOCCOCCNC(=O)COCC(C)=O.CCc1c2c(nc3ccc(O)cc13)-c1cc3c(c(=O)n1C2)COC(=O)[C@@]3(CC)OC(=O)CNC(C)=O.CCc1ccc(C)cc1.CCn1cc(CNC(=O)C2CCC(CN3C(=O)CC(C)C3=O)CC2)nn1.COCCn1cc(CNC(=O)C2CCC(CN3C(=O)CC(C)C3=O)CC2)nn1. The van der Waals surface area contributed by atoms with Crippen molar-refractivity contribution in [3.05, 3.63) is 116 Å². The summed E-state index contributed by atoms with van der Waals surface area (Å²) in [6, 6.07) is 15.3. The molecular formula is C92H133N15O22. The maximum absolute atomic E-state index is 13.6. The first-order valence-electron chi connectivity index (χ1n) is 45.0. The molecule has 4 aliphatic heterocycles. The van der Waals surface area contributed by atoms with E-state index in [2.05, 4.69) is 85.3 Å². The van der Waals surface area contributed by atoms with Crippen LogP contribution in [0.15, 0.2) is 65.7 Å². The summed E-state index contributed by atoms with van der Waals surface area (Å²) in [6.07, 6.45) is 13.8. The number of carbonyl (C=O) groups excluding carboxylic acids is 12. The van der Waals surface area contributed by atoms with Crippen molar-refractivity contribution in [2.45, 2.75) is 218 Å². The lowest BCUT2D eigenvalue weighted by molar-refractivity contribution is -0.189. The number of aromatic hydroxyl groups is 1. The number of benzene rings is 2. The van der Waals surface area contributed by atoms with Gasteiger partial charge in [-0.3, -0.25) is 72.0 Å². The van der Waals surface area contributed by atoms with E-state index < -0.39 is 30.0 Å². The van der Waals surface area contributed by atoms with Gasteiger partial charge in [0.25, 0.3) is 5.56 Å². The summed E-state index contributed by atoms with van der Waals surface area (Å²) in [5, 5.41) is 40.4. The minimum absolute atomic E-state index is 0.00336. The highest BCUT2D eigenvalue weighted by Crippen LogP contribution is 2.43. The molecule has 129 heavy (non-hydrogen) atoms. The van der Waals surface area contributed by atoms with Crippen molar-refractivity contribution in [3.63, 3.8) is 0 Å². The molecule has 708 valence electrons. The normalized spacial score (nSPS) is 18.8. The summed E-state index contributed by atoms with van der Waals surface area (Å²) in [4.78, 5) is 163. The molecule has 2 aliphatic carbocycles. The summed E-state index contributed by atoms with van der Waals surface area (Å²) in [6.45, 7) is 30.5. The van der Waals surface area contributed by atoms with Crippen LogP contribution in [0.2, 0.25) is 0 Å². The molecule has 37 nitrogen and oxygen atoms in total. The van der Waals surface area contributed by atoms with Gasteiger partial charge in [-0.2, -0.15) is 0 Å². The maximum atomic E-state index is 13.6. The first-order valence-corrected chi connectivity index (χ1v) is 45.0. The number of amides is 9. The zero-order valence-electron chi connectivity index (χ0n) is 77.2. The van der Waals surface area contributed by atoms with Gasteiger partial charge in [0.05, 0.1) is 94.1 Å². The lowest BCUT2D eigenvalue weighted by atomic mass is 9.81. The number of Topliss-reactive ketones (excluding diaryl/α,β-unsaturated/α-hetero) is 1. The predicted octanol–water partition coefficient (Wildman–Crippen LogP) is 6.78. The largest absolute Gasteiger partial charge is 0.508 e. The summed E-state index contributed by atoms with van der Waals surface area (Å²) >= 11 is 0. The Labute approximate surface area is 753 Å². The van der Waals surface area contributed by atoms with Crippen LogP contribution in [0.3, 0.4) is 0 Å². The number of fused-ring (bicyclic) bond motifs is 5. The number of rotatable bonds is 39. The van der Waals surface area contributed by atoms with Gasteiger partial charge in [0.2, 0.25) is 58.8 Å². The maximum Gasteiger partial charge on any atom is 0.355 e. The molecule has 6 aromatic rings.